The standard InChI is InChI=1S/C10H22O2S2/c1-7(11)5-9(13)3-4-10(14)6-8(2)12/h7-14H,3-6H2,1-2H3. The molecule has 0 bridgehead atoms. The zero-order valence-corrected chi connectivity index (χ0v) is 10.7. The van der Waals surface area contributed by atoms with Crippen LogP contribution < -0.4 is 0 Å². The number of aliphatic hydroxyl groups excluding tert-OH is 2. The van der Waals surface area contributed by atoms with Crippen molar-refractivity contribution in [3.8, 4) is 0 Å². The van der Waals surface area contributed by atoms with E-state index in [1.807, 2.05) is 0 Å². The molecule has 0 rings (SSSR count). The van der Waals surface area contributed by atoms with Gasteiger partial charge in [-0.25, -0.2) is 0 Å². The molecule has 0 amide bonds. The Bertz CT molecular complexity index is 124. The highest BCUT2D eigenvalue weighted by atomic mass is 32.1. The van der Waals surface area contributed by atoms with Crippen LogP contribution in [0.25, 0.3) is 0 Å². The zero-order valence-electron chi connectivity index (χ0n) is 8.93. The second-order valence-corrected chi connectivity index (χ2v) is 5.52. The lowest BCUT2D eigenvalue weighted by Crippen LogP contribution is -2.14. The maximum absolute atomic E-state index is 9.13. The van der Waals surface area contributed by atoms with Crippen molar-refractivity contribution >= 4 is 25.3 Å². The van der Waals surface area contributed by atoms with Crippen molar-refractivity contribution in [1.82, 2.24) is 0 Å². The summed E-state index contributed by atoms with van der Waals surface area (Å²) in [5.41, 5.74) is 0. The molecule has 0 radical (unpaired) electrons. The minimum Gasteiger partial charge on any atom is -0.393 e. The number of rotatable bonds is 7. The van der Waals surface area contributed by atoms with Crippen LogP contribution in [0.4, 0.5) is 0 Å². The van der Waals surface area contributed by atoms with E-state index in [-0.39, 0.29) is 22.7 Å². The molecule has 0 spiro atoms. The highest BCUT2D eigenvalue weighted by Gasteiger charge is 2.11. The van der Waals surface area contributed by atoms with Crippen molar-refractivity contribution in [3.05, 3.63) is 0 Å². The summed E-state index contributed by atoms with van der Waals surface area (Å²) < 4.78 is 0. The monoisotopic (exact) mass is 238 g/mol. The van der Waals surface area contributed by atoms with Crippen LogP contribution in [-0.4, -0.2) is 32.9 Å². The lowest BCUT2D eigenvalue weighted by Gasteiger charge is -2.16. The minimum absolute atomic E-state index is 0.235. The number of aliphatic hydroxyl groups is 2. The van der Waals surface area contributed by atoms with Gasteiger partial charge in [-0.3, -0.25) is 0 Å². The summed E-state index contributed by atoms with van der Waals surface area (Å²) in [5, 5.41) is 18.7. The average Bonchev–Trinajstić information content (AvgIpc) is 1.98. The predicted octanol–water partition coefficient (Wildman–Crippen LogP) is 1.91. The third-order valence-corrected chi connectivity index (χ3v) is 3.00. The summed E-state index contributed by atoms with van der Waals surface area (Å²) in [5.74, 6) is 0. The van der Waals surface area contributed by atoms with Crippen molar-refractivity contribution < 1.29 is 10.2 Å². The van der Waals surface area contributed by atoms with E-state index in [4.69, 9.17) is 10.2 Å². The lowest BCUT2D eigenvalue weighted by atomic mass is 10.1. The quantitative estimate of drug-likeness (QED) is 0.512. The maximum Gasteiger partial charge on any atom is 0.0522 e. The van der Waals surface area contributed by atoms with Gasteiger partial charge in [-0.1, -0.05) is 0 Å². The van der Waals surface area contributed by atoms with Crippen LogP contribution in [-0.2, 0) is 0 Å². The van der Waals surface area contributed by atoms with Crippen LogP contribution in [0.3, 0.4) is 0 Å². The first kappa shape index (κ1) is 14.6. The van der Waals surface area contributed by atoms with Crippen LogP contribution in [0, 0.1) is 0 Å². The van der Waals surface area contributed by atoms with Crippen LogP contribution in [0.2, 0.25) is 0 Å². The van der Waals surface area contributed by atoms with Gasteiger partial charge >= 0.3 is 0 Å². The molecule has 0 aromatic heterocycles. The SMILES string of the molecule is CC(O)CC(S)CCC(S)CC(C)O. The van der Waals surface area contributed by atoms with Crippen molar-refractivity contribution in [2.75, 3.05) is 0 Å². The molecule has 2 nitrogen and oxygen atoms in total. The summed E-state index contributed by atoms with van der Waals surface area (Å²) in [7, 11) is 0. The average molecular weight is 238 g/mol. The second kappa shape index (κ2) is 7.85. The van der Waals surface area contributed by atoms with Crippen molar-refractivity contribution in [1.29, 1.82) is 0 Å². The molecule has 0 aliphatic rings. The van der Waals surface area contributed by atoms with Gasteiger partial charge in [0, 0.05) is 10.5 Å². The van der Waals surface area contributed by atoms with Crippen LogP contribution >= 0.6 is 25.3 Å². The van der Waals surface area contributed by atoms with E-state index >= 15 is 0 Å². The predicted molar refractivity (Wildman–Crippen MR) is 67.4 cm³/mol. The van der Waals surface area contributed by atoms with Gasteiger partial charge < -0.3 is 10.2 Å². The zero-order chi connectivity index (χ0) is 11.1. The molecule has 4 unspecified atom stereocenters. The van der Waals surface area contributed by atoms with Gasteiger partial charge in [0.25, 0.3) is 0 Å². The largest absolute Gasteiger partial charge is 0.393 e. The highest BCUT2D eigenvalue weighted by molar-refractivity contribution is 7.81. The Labute approximate surface area is 97.9 Å². The van der Waals surface area contributed by atoms with Crippen LogP contribution in [0.15, 0.2) is 0 Å². The van der Waals surface area contributed by atoms with Gasteiger partial charge in [0.1, 0.15) is 0 Å². The Morgan fingerprint density at radius 1 is 0.857 bits per heavy atom. The topological polar surface area (TPSA) is 40.5 Å². The number of hydrogen-bond donors (Lipinski definition) is 4. The number of thiol groups is 2. The first-order valence-corrected chi connectivity index (χ1v) is 6.17. The van der Waals surface area contributed by atoms with Gasteiger partial charge in [0.05, 0.1) is 12.2 Å². The summed E-state index contributed by atoms with van der Waals surface area (Å²) in [6.07, 6.45) is 2.75. The molecule has 0 heterocycles. The van der Waals surface area contributed by atoms with E-state index in [0.717, 1.165) is 25.7 Å². The Morgan fingerprint density at radius 3 is 1.36 bits per heavy atom. The minimum atomic E-state index is -0.285. The van der Waals surface area contributed by atoms with Crippen molar-refractivity contribution in [2.45, 2.75) is 62.2 Å². The van der Waals surface area contributed by atoms with E-state index in [2.05, 4.69) is 25.3 Å². The van der Waals surface area contributed by atoms with Gasteiger partial charge in [-0.05, 0) is 39.5 Å². The molecule has 0 fully saturated rings. The van der Waals surface area contributed by atoms with Crippen LogP contribution in [0.1, 0.15) is 39.5 Å². The molecule has 0 aromatic carbocycles. The fraction of sp³-hybridized carbons (Fsp3) is 1.00. The Morgan fingerprint density at radius 2 is 1.14 bits per heavy atom. The third kappa shape index (κ3) is 9.19. The Hall–Kier alpha value is 0.620. The molecule has 0 aliphatic heterocycles. The van der Waals surface area contributed by atoms with Gasteiger partial charge in [0.2, 0.25) is 0 Å². The van der Waals surface area contributed by atoms with E-state index in [9.17, 15) is 0 Å². The molecule has 0 saturated carbocycles. The lowest BCUT2D eigenvalue weighted by molar-refractivity contribution is 0.177. The Balaban J connectivity index is 3.50. The van der Waals surface area contributed by atoms with E-state index in [1.165, 1.54) is 0 Å². The summed E-state index contributed by atoms with van der Waals surface area (Å²) in [6.45, 7) is 3.55. The summed E-state index contributed by atoms with van der Waals surface area (Å²) >= 11 is 8.76. The molecule has 0 aromatic rings. The molecule has 0 saturated heterocycles. The molecule has 2 N–H and O–H groups in total. The molecular formula is C10H22O2S2. The fourth-order valence-corrected chi connectivity index (χ4v) is 2.32. The number of hydrogen-bond acceptors (Lipinski definition) is 4. The van der Waals surface area contributed by atoms with Gasteiger partial charge in [-0.15, -0.1) is 0 Å². The third-order valence-electron chi connectivity index (χ3n) is 2.06. The fourth-order valence-electron chi connectivity index (χ4n) is 1.41. The molecule has 4 heteroatoms. The first-order valence-electron chi connectivity index (χ1n) is 5.14. The second-order valence-electron chi connectivity index (χ2n) is 4.05. The normalized spacial score (nSPS) is 20.1. The smallest absolute Gasteiger partial charge is 0.0522 e. The van der Waals surface area contributed by atoms with E-state index < -0.39 is 0 Å². The maximum atomic E-state index is 9.13. The molecule has 0 aliphatic carbocycles. The molecule has 4 atom stereocenters. The summed E-state index contributed by atoms with van der Waals surface area (Å²) in [4.78, 5) is 0. The Kier molecular flexibility index (Phi) is 8.20. The van der Waals surface area contributed by atoms with Gasteiger partial charge in [-0.2, -0.15) is 25.3 Å². The molecular weight excluding hydrogens is 216 g/mol. The first-order chi connectivity index (χ1) is 6.41. The van der Waals surface area contributed by atoms with Crippen molar-refractivity contribution in [2.24, 2.45) is 0 Å². The summed E-state index contributed by atoms with van der Waals surface area (Å²) in [6, 6.07) is 0. The molecule has 86 valence electrons. The van der Waals surface area contributed by atoms with Crippen LogP contribution in [0.5, 0.6) is 0 Å². The molecule has 14 heavy (non-hydrogen) atoms. The highest BCUT2D eigenvalue weighted by Crippen LogP contribution is 2.18. The van der Waals surface area contributed by atoms with Crippen molar-refractivity contribution in [3.63, 3.8) is 0 Å². The van der Waals surface area contributed by atoms with E-state index in [1.54, 1.807) is 13.8 Å². The van der Waals surface area contributed by atoms with Gasteiger partial charge in [0.15, 0.2) is 0 Å². The van der Waals surface area contributed by atoms with E-state index in [0.29, 0.717) is 0 Å².